The first kappa shape index (κ1) is 20.0. The molecule has 5 nitrogen and oxygen atoms in total. The Labute approximate surface area is 170 Å². The molecule has 3 rings (SSSR count). The van der Waals surface area contributed by atoms with Gasteiger partial charge in [0.15, 0.2) is 0 Å². The summed E-state index contributed by atoms with van der Waals surface area (Å²) in [4.78, 5) is 12.5. The van der Waals surface area contributed by atoms with Gasteiger partial charge in [0.25, 0.3) is 5.91 Å². The average molecular weight is 409 g/mol. The molecule has 1 saturated carbocycles. The Hall–Kier alpha value is -1.72. The zero-order valence-corrected chi connectivity index (χ0v) is 17.1. The average Bonchev–Trinajstić information content (AvgIpc) is 3.11. The van der Waals surface area contributed by atoms with Gasteiger partial charge < -0.3 is 10.6 Å². The van der Waals surface area contributed by atoms with Crippen LogP contribution in [0.3, 0.4) is 0 Å². The predicted octanol–water partition coefficient (Wildman–Crippen LogP) is 5.00. The largest absolute Gasteiger partial charge is 0.382 e. The second kappa shape index (κ2) is 9.47. The number of benzene rings is 1. The van der Waals surface area contributed by atoms with Crippen LogP contribution < -0.4 is 10.6 Å². The van der Waals surface area contributed by atoms with Crippen molar-refractivity contribution in [2.45, 2.75) is 51.6 Å². The minimum Gasteiger partial charge on any atom is -0.382 e. The number of hydrogen-bond donors (Lipinski definition) is 2. The van der Waals surface area contributed by atoms with Crippen molar-refractivity contribution in [1.82, 2.24) is 15.1 Å². The van der Waals surface area contributed by atoms with Crippen molar-refractivity contribution in [3.8, 4) is 0 Å². The quantitative estimate of drug-likeness (QED) is 0.677. The number of nitrogens with one attached hydrogen (secondary N) is 2. The Bertz CT molecular complexity index is 769. The van der Waals surface area contributed by atoms with Crippen molar-refractivity contribution in [3.63, 3.8) is 0 Å². The minimum atomic E-state index is -0.146. The zero-order valence-electron chi connectivity index (χ0n) is 15.5. The fourth-order valence-electron chi connectivity index (χ4n) is 3.51. The lowest BCUT2D eigenvalue weighted by atomic mass is 9.86. The Morgan fingerprint density at radius 2 is 2.04 bits per heavy atom. The summed E-state index contributed by atoms with van der Waals surface area (Å²) in [5.74, 6) is 0.467. The number of carbonyl (C=O) groups is 1. The number of rotatable bonds is 7. The van der Waals surface area contributed by atoms with Crippen LogP contribution in [-0.2, 0) is 6.54 Å². The summed E-state index contributed by atoms with van der Waals surface area (Å²) in [6, 6.07) is 5.15. The third-order valence-corrected chi connectivity index (χ3v) is 5.60. The van der Waals surface area contributed by atoms with Gasteiger partial charge in [0.05, 0.1) is 22.5 Å². The number of aromatic nitrogens is 2. The van der Waals surface area contributed by atoms with Crippen LogP contribution in [0.4, 0.5) is 5.69 Å². The molecule has 0 atom stereocenters. The topological polar surface area (TPSA) is 59.0 Å². The SMILES string of the molecule is CCCn1cc(NCC2CCC(NC(=O)c3cc(Cl)ccc3Cl)CC2)cn1. The number of carbonyl (C=O) groups excluding carboxylic acids is 1. The maximum absolute atomic E-state index is 12.5. The lowest BCUT2D eigenvalue weighted by Crippen LogP contribution is -2.38. The van der Waals surface area contributed by atoms with Crippen LogP contribution in [0.5, 0.6) is 0 Å². The monoisotopic (exact) mass is 408 g/mol. The van der Waals surface area contributed by atoms with Gasteiger partial charge in [-0.05, 0) is 56.2 Å². The minimum absolute atomic E-state index is 0.146. The van der Waals surface area contributed by atoms with E-state index in [2.05, 4.69) is 28.9 Å². The second-order valence-corrected chi connectivity index (χ2v) is 8.03. The van der Waals surface area contributed by atoms with Crippen molar-refractivity contribution in [3.05, 3.63) is 46.2 Å². The molecule has 7 heteroatoms. The first-order valence-electron chi connectivity index (χ1n) is 9.57. The van der Waals surface area contributed by atoms with Crippen LogP contribution in [0.15, 0.2) is 30.6 Å². The summed E-state index contributed by atoms with van der Waals surface area (Å²) in [5, 5.41) is 11.9. The molecule has 2 aromatic rings. The van der Waals surface area contributed by atoms with E-state index in [1.807, 2.05) is 10.9 Å². The molecule has 0 radical (unpaired) electrons. The number of hydrogen-bond acceptors (Lipinski definition) is 3. The van der Waals surface area contributed by atoms with E-state index in [9.17, 15) is 4.79 Å². The van der Waals surface area contributed by atoms with Gasteiger partial charge in [-0.1, -0.05) is 30.1 Å². The van der Waals surface area contributed by atoms with Gasteiger partial charge in [0, 0.05) is 30.4 Å². The lowest BCUT2D eigenvalue weighted by molar-refractivity contribution is 0.0923. The van der Waals surface area contributed by atoms with E-state index >= 15 is 0 Å². The lowest BCUT2D eigenvalue weighted by Gasteiger charge is -2.29. The highest BCUT2D eigenvalue weighted by Gasteiger charge is 2.23. The molecule has 0 saturated heterocycles. The van der Waals surface area contributed by atoms with Crippen molar-refractivity contribution in [2.75, 3.05) is 11.9 Å². The Kier molecular flexibility index (Phi) is 7.02. The van der Waals surface area contributed by atoms with Gasteiger partial charge in [0.2, 0.25) is 0 Å². The molecule has 1 aromatic carbocycles. The molecule has 1 aliphatic rings. The smallest absolute Gasteiger partial charge is 0.253 e. The van der Waals surface area contributed by atoms with E-state index in [-0.39, 0.29) is 11.9 Å². The van der Waals surface area contributed by atoms with E-state index in [0.29, 0.717) is 21.5 Å². The van der Waals surface area contributed by atoms with Gasteiger partial charge in [0.1, 0.15) is 0 Å². The molecule has 1 fully saturated rings. The summed E-state index contributed by atoms with van der Waals surface area (Å²) in [6.45, 7) is 4.04. The van der Waals surface area contributed by atoms with Crippen molar-refractivity contribution < 1.29 is 4.79 Å². The van der Waals surface area contributed by atoms with Crippen molar-refractivity contribution >= 4 is 34.8 Å². The molecule has 0 unspecified atom stereocenters. The van der Waals surface area contributed by atoms with Gasteiger partial charge in [-0.25, -0.2) is 0 Å². The van der Waals surface area contributed by atoms with E-state index in [4.69, 9.17) is 23.2 Å². The van der Waals surface area contributed by atoms with Gasteiger partial charge in [-0.2, -0.15) is 5.10 Å². The number of nitrogens with zero attached hydrogens (tertiary/aromatic N) is 2. The Morgan fingerprint density at radius 3 is 2.78 bits per heavy atom. The standard InChI is InChI=1S/C20H26Cl2N4O/c1-2-9-26-13-17(12-24-26)23-11-14-3-6-16(7-4-14)25-20(27)18-10-15(21)5-8-19(18)22/h5,8,10,12-14,16,23H,2-4,6-7,9,11H2,1H3,(H,25,27). The van der Waals surface area contributed by atoms with Crippen LogP contribution >= 0.6 is 23.2 Å². The van der Waals surface area contributed by atoms with Gasteiger partial charge in [-0.3, -0.25) is 9.48 Å². The normalized spacial score (nSPS) is 19.7. The van der Waals surface area contributed by atoms with Crippen LogP contribution in [0, 0.1) is 5.92 Å². The third kappa shape index (κ3) is 5.63. The van der Waals surface area contributed by atoms with Crippen LogP contribution in [0.25, 0.3) is 0 Å². The van der Waals surface area contributed by atoms with E-state index in [0.717, 1.165) is 50.9 Å². The Morgan fingerprint density at radius 1 is 1.26 bits per heavy atom. The molecular formula is C20H26Cl2N4O. The first-order valence-corrected chi connectivity index (χ1v) is 10.3. The molecule has 0 spiro atoms. The highest BCUT2D eigenvalue weighted by molar-refractivity contribution is 6.35. The van der Waals surface area contributed by atoms with Crippen molar-refractivity contribution in [1.29, 1.82) is 0 Å². The fraction of sp³-hybridized carbons (Fsp3) is 0.500. The summed E-state index contributed by atoms with van der Waals surface area (Å²) in [6.07, 6.45) is 9.16. The molecule has 1 aliphatic carbocycles. The van der Waals surface area contributed by atoms with Gasteiger partial charge in [-0.15, -0.1) is 0 Å². The number of anilines is 1. The third-order valence-electron chi connectivity index (χ3n) is 5.04. The molecule has 1 heterocycles. The number of aryl methyl sites for hydroxylation is 1. The van der Waals surface area contributed by atoms with Crippen LogP contribution in [-0.4, -0.2) is 28.3 Å². The molecule has 0 aliphatic heterocycles. The summed E-state index contributed by atoms with van der Waals surface area (Å²) < 4.78 is 1.97. The number of amides is 1. The molecule has 146 valence electrons. The molecule has 1 amide bonds. The maximum atomic E-state index is 12.5. The summed E-state index contributed by atoms with van der Waals surface area (Å²) in [7, 11) is 0. The fourth-order valence-corrected chi connectivity index (χ4v) is 3.89. The second-order valence-electron chi connectivity index (χ2n) is 7.19. The van der Waals surface area contributed by atoms with Crippen LogP contribution in [0.2, 0.25) is 10.0 Å². The maximum Gasteiger partial charge on any atom is 0.253 e. The predicted molar refractivity (Wildman–Crippen MR) is 111 cm³/mol. The summed E-state index contributed by atoms with van der Waals surface area (Å²) in [5.41, 5.74) is 1.52. The van der Waals surface area contributed by atoms with Crippen molar-refractivity contribution in [2.24, 2.45) is 5.92 Å². The first-order chi connectivity index (χ1) is 13.0. The van der Waals surface area contributed by atoms with Gasteiger partial charge >= 0.3 is 0 Å². The molecule has 27 heavy (non-hydrogen) atoms. The van der Waals surface area contributed by atoms with E-state index in [1.165, 1.54) is 0 Å². The summed E-state index contributed by atoms with van der Waals surface area (Å²) >= 11 is 12.1. The van der Waals surface area contributed by atoms with E-state index in [1.54, 1.807) is 18.2 Å². The molecular weight excluding hydrogens is 383 g/mol. The zero-order chi connectivity index (χ0) is 19.2. The molecule has 0 bridgehead atoms. The van der Waals surface area contributed by atoms with Crippen LogP contribution in [0.1, 0.15) is 49.4 Å². The number of halogens is 2. The highest BCUT2D eigenvalue weighted by Crippen LogP contribution is 2.26. The molecule has 2 N–H and O–H groups in total. The highest BCUT2D eigenvalue weighted by atomic mass is 35.5. The molecule has 1 aromatic heterocycles. The Balaban J connectivity index is 1.43. The van der Waals surface area contributed by atoms with E-state index < -0.39 is 0 Å².